The third kappa shape index (κ3) is 3.14. The molecule has 0 aliphatic heterocycles. The van der Waals surface area contributed by atoms with Gasteiger partial charge in [-0.15, -0.1) is 12.3 Å². The molecule has 1 rings (SSSR count). The standard InChI is InChI=1S/C10H10FNO3S/c1-3-4-8-5-9(12)7(2)10(6-8)15-16(11,13)14/h1,5-6H,4,12H2,2H3. The fourth-order valence-electron chi connectivity index (χ4n) is 1.18. The van der Waals surface area contributed by atoms with Gasteiger partial charge in [-0.05, 0) is 24.6 Å². The maximum Gasteiger partial charge on any atom is 0.488 e. The summed E-state index contributed by atoms with van der Waals surface area (Å²) in [5.41, 5.74) is 6.84. The molecule has 86 valence electrons. The van der Waals surface area contributed by atoms with Gasteiger partial charge in [-0.25, -0.2) is 0 Å². The number of anilines is 1. The third-order valence-corrected chi connectivity index (χ3v) is 2.33. The predicted octanol–water partition coefficient (Wildman–Crippen LogP) is 1.35. The number of hydrogen-bond acceptors (Lipinski definition) is 4. The van der Waals surface area contributed by atoms with E-state index in [9.17, 15) is 12.3 Å². The molecular formula is C10H10FNO3S. The first-order chi connectivity index (χ1) is 7.33. The van der Waals surface area contributed by atoms with Crippen LogP contribution in [0, 0.1) is 19.3 Å². The Hall–Kier alpha value is -1.74. The van der Waals surface area contributed by atoms with Crippen molar-refractivity contribution in [2.24, 2.45) is 0 Å². The Kier molecular flexibility index (Phi) is 3.40. The van der Waals surface area contributed by atoms with Crippen LogP contribution in [0.5, 0.6) is 5.75 Å². The first kappa shape index (κ1) is 12.3. The first-order valence-electron chi connectivity index (χ1n) is 4.30. The van der Waals surface area contributed by atoms with Crippen molar-refractivity contribution in [3.63, 3.8) is 0 Å². The van der Waals surface area contributed by atoms with Crippen molar-refractivity contribution >= 4 is 16.2 Å². The van der Waals surface area contributed by atoms with E-state index in [1.165, 1.54) is 13.0 Å². The van der Waals surface area contributed by atoms with Crippen molar-refractivity contribution in [1.29, 1.82) is 0 Å². The number of nitrogen functional groups attached to an aromatic ring is 1. The van der Waals surface area contributed by atoms with Crippen molar-refractivity contribution < 1.29 is 16.5 Å². The van der Waals surface area contributed by atoms with Crippen LogP contribution in [0.4, 0.5) is 9.57 Å². The fraction of sp³-hybridized carbons (Fsp3) is 0.200. The lowest BCUT2D eigenvalue weighted by atomic mass is 10.1. The summed E-state index contributed by atoms with van der Waals surface area (Å²) in [4.78, 5) is 0. The van der Waals surface area contributed by atoms with E-state index in [2.05, 4.69) is 10.1 Å². The molecule has 1 aromatic carbocycles. The summed E-state index contributed by atoms with van der Waals surface area (Å²) in [6.07, 6.45) is 5.36. The summed E-state index contributed by atoms with van der Waals surface area (Å²) in [5.74, 6) is 2.22. The summed E-state index contributed by atoms with van der Waals surface area (Å²) in [6.45, 7) is 1.52. The highest BCUT2D eigenvalue weighted by molar-refractivity contribution is 7.81. The second kappa shape index (κ2) is 4.41. The smallest absolute Gasteiger partial charge is 0.398 e. The van der Waals surface area contributed by atoms with Crippen molar-refractivity contribution in [3.05, 3.63) is 23.3 Å². The molecule has 0 saturated heterocycles. The Bertz CT molecular complexity index is 546. The van der Waals surface area contributed by atoms with E-state index in [-0.39, 0.29) is 12.2 Å². The number of benzene rings is 1. The van der Waals surface area contributed by atoms with Crippen LogP contribution < -0.4 is 9.92 Å². The van der Waals surface area contributed by atoms with Gasteiger partial charge in [-0.2, -0.15) is 8.42 Å². The molecule has 1 aromatic rings. The van der Waals surface area contributed by atoms with E-state index < -0.39 is 10.5 Å². The van der Waals surface area contributed by atoms with E-state index >= 15 is 0 Å². The Labute approximate surface area is 93.6 Å². The van der Waals surface area contributed by atoms with Gasteiger partial charge < -0.3 is 9.92 Å². The monoisotopic (exact) mass is 243 g/mol. The van der Waals surface area contributed by atoms with E-state index in [0.29, 0.717) is 16.8 Å². The van der Waals surface area contributed by atoms with Crippen molar-refractivity contribution in [2.75, 3.05) is 5.73 Å². The summed E-state index contributed by atoms with van der Waals surface area (Å²) in [5, 5.41) is 0. The lowest BCUT2D eigenvalue weighted by Crippen LogP contribution is -2.05. The molecular weight excluding hydrogens is 233 g/mol. The van der Waals surface area contributed by atoms with Gasteiger partial charge in [-0.1, -0.05) is 3.89 Å². The first-order valence-corrected chi connectivity index (χ1v) is 5.61. The summed E-state index contributed by atoms with van der Waals surface area (Å²) < 4.78 is 37.3. The van der Waals surface area contributed by atoms with E-state index in [1.807, 2.05) is 0 Å². The normalized spacial score (nSPS) is 10.8. The minimum Gasteiger partial charge on any atom is -0.398 e. The van der Waals surface area contributed by atoms with Gasteiger partial charge in [0.2, 0.25) is 0 Å². The Morgan fingerprint density at radius 3 is 2.69 bits per heavy atom. The van der Waals surface area contributed by atoms with Gasteiger partial charge in [0.1, 0.15) is 0 Å². The second-order valence-corrected chi connectivity index (χ2v) is 4.12. The van der Waals surface area contributed by atoms with Crippen LogP contribution in [0.3, 0.4) is 0 Å². The minimum atomic E-state index is -5.06. The quantitative estimate of drug-likeness (QED) is 0.494. The lowest BCUT2D eigenvalue weighted by molar-refractivity contribution is 0.438. The van der Waals surface area contributed by atoms with Crippen LogP contribution in [0.2, 0.25) is 0 Å². The highest BCUT2D eigenvalue weighted by atomic mass is 32.3. The highest BCUT2D eigenvalue weighted by Gasteiger charge is 2.14. The Morgan fingerprint density at radius 1 is 1.56 bits per heavy atom. The van der Waals surface area contributed by atoms with Crippen LogP contribution in [-0.2, 0) is 16.9 Å². The van der Waals surface area contributed by atoms with Crippen molar-refractivity contribution in [1.82, 2.24) is 0 Å². The number of nitrogens with two attached hydrogens (primary N) is 1. The van der Waals surface area contributed by atoms with E-state index in [0.717, 1.165) is 0 Å². The van der Waals surface area contributed by atoms with Gasteiger partial charge in [0, 0.05) is 17.7 Å². The van der Waals surface area contributed by atoms with Crippen LogP contribution >= 0.6 is 0 Å². The predicted molar refractivity (Wildman–Crippen MR) is 58.8 cm³/mol. The summed E-state index contributed by atoms with van der Waals surface area (Å²) in [7, 11) is -5.06. The number of terminal acetylenes is 1. The molecule has 0 aliphatic carbocycles. The van der Waals surface area contributed by atoms with Crippen LogP contribution in [0.15, 0.2) is 12.1 Å². The molecule has 0 saturated carbocycles. The molecule has 4 nitrogen and oxygen atoms in total. The molecule has 0 aliphatic rings. The van der Waals surface area contributed by atoms with Crippen molar-refractivity contribution in [3.8, 4) is 18.1 Å². The third-order valence-electron chi connectivity index (χ3n) is 1.96. The van der Waals surface area contributed by atoms with Gasteiger partial charge in [0.25, 0.3) is 0 Å². The molecule has 0 atom stereocenters. The molecule has 0 aromatic heterocycles. The van der Waals surface area contributed by atoms with Crippen LogP contribution in [-0.4, -0.2) is 8.42 Å². The maximum absolute atomic E-state index is 12.4. The van der Waals surface area contributed by atoms with E-state index in [1.54, 1.807) is 6.07 Å². The molecule has 0 spiro atoms. The average Bonchev–Trinajstić information content (AvgIpc) is 2.11. The molecule has 6 heteroatoms. The van der Waals surface area contributed by atoms with Gasteiger partial charge in [0.15, 0.2) is 5.75 Å². The zero-order valence-corrected chi connectivity index (χ0v) is 9.34. The molecule has 0 unspecified atom stereocenters. The van der Waals surface area contributed by atoms with Crippen LogP contribution in [0.1, 0.15) is 11.1 Å². The lowest BCUT2D eigenvalue weighted by Gasteiger charge is -2.09. The van der Waals surface area contributed by atoms with Gasteiger partial charge >= 0.3 is 10.5 Å². The highest BCUT2D eigenvalue weighted by Crippen LogP contribution is 2.27. The Balaban J connectivity index is 3.22. The van der Waals surface area contributed by atoms with Crippen molar-refractivity contribution in [2.45, 2.75) is 13.3 Å². The van der Waals surface area contributed by atoms with E-state index in [4.69, 9.17) is 12.2 Å². The molecule has 0 radical (unpaired) electrons. The number of rotatable bonds is 3. The largest absolute Gasteiger partial charge is 0.488 e. The second-order valence-electron chi connectivity index (χ2n) is 3.17. The summed E-state index contributed by atoms with van der Waals surface area (Å²) in [6, 6.07) is 2.94. The van der Waals surface area contributed by atoms with Crippen LogP contribution in [0.25, 0.3) is 0 Å². The number of halogens is 1. The minimum absolute atomic E-state index is 0.146. The topological polar surface area (TPSA) is 69.4 Å². The molecule has 0 amide bonds. The Morgan fingerprint density at radius 2 is 2.19 bits per heavy atom. The zero-order chi connectivity index (χ0) is 12.3. The van der Waals surface area contributed by atoms with Gasteiger partial charge in [-0.3, -0.25) is 0 Å². The summed E-state index contributed by atoms with van der Waals surface area (Å²) >= 11 is 0. The fourth-order valence-corrected chi connectivity index (χ4v) is 1.57. The molecule has 0 fully saturated rings. The van der Waals surface area contributed by atoms with Gasteiger partial charge in [0.05, 0.1) is 0 Å². The molecule has 0 bridgehead atoms. The maximum atomic E-state index is 12.4. The molecule has 0 heterocycles. The zero-order valence-electron chi connectivity index (χ0n) is 8.53. The average molecular weight is 243 g/mol. The molecule has 2 N–H and O–H groups in total. The molecule has 16 heavy (non-hydrogen) atoms. The SMILES string of the molecule is C#CCc1cc(N)c(C)c(OS(=O)(=O)F)c1. The number of hydrogen-bond donors (Lipinski definition) is 1.